The predicted molar refractivity (Wildman–Crippen MR) is 105 cm³/mol. The lowest BCUT2D eigenvalue weighted by Gasteiger charge is -2.18. The van der Waals surface area contributed by atoms with Crippen LogP contribution in [0.5, 0.6) is 5.75 Å². The summed E-state index contributed by atoms with van der Waals surface area (Å²) >= 11 is 12.5. The molecule has 7 nitrogen and oxygen atoms in total. The lowest BCUT2D eigenvalue weighted by atomic mass is 10.1. The van der Waals surface area contributed by atoms with Gasteiger partial charge in [-0.1, -0.05) is 34.4 Å². The van der Waals surface area contributed by atoms with Crippen molar-refractivity contribution < 1.29 is 18.8 Å². The number of benzene rings is 2. The van der Waals surface area contributed by atoms with E-state index in [0.29, 0.717) is 38.5 Å². The fourth-order valence-corrected chi connectivity index (χ4v) is 3.46. The average Bonchev–Trinajstić information content (AvgIpc) is 3.03. The molecule has 0 unspecified atom stereocenters. The average molecular weight is 418 g/mol. The number of nitrogens with zero attached hydrogens (tertiary/aromatic N) is 1. The Morgan fingerprint density at radius 2 is 1.96 bits per heavy atom. The van der Waals surface area contributed by atoms with Crippen LogP contribution in [0, 0.1) is 6.92 Å². The number of halogens is 2. The molecule has 0 fully saturated rings. The van der Waals surface area contributed by atoms with Crippen LogP contribution in [0.4, 0.5) is 11.4 Å². The summed E-state index contributed by atoms with van der Waals surface area (Å²) in [6, 6.07) is 9.93. The van der Waals surface area contributed by atoms with E-state index in [-0.39, 0.29) is 23.8 Å². The monoisotopic (exact) mass is 417 g/mol. The van der Waals surface area contributed by atoms with Crippen molar-refractivity contribution in [2.75, 3.05) is 17.2 Å². The van der Waals surface area contributed by atoms with Crippen molar-refractivity contribution in [3.63, 3.8) is 0 Å². The van der Waals surface area contributed by atoms with E-state index in [9.17, 15) is 9.59 Å². The lowest BCUT2D eigenvalue weighted by molar-refractivity contribution is -0.118. The minimum Gasteiger partial charge on any atom is -0.482 e. The van der Waals surface area contributed by atoms with Gasteiger partial charge in [-0.2, -0.15) is 0 Å². The van der Waals surface area contributed by atoms with Gasteiger partial charge in [0.25, 0.3) is 11.8 Å². The molecule has 0 saturated heterocycles. The zero-order valence-corrected chi connectivity index (χ0v) is 16.0. The van der Waals surface area contributed by atoms with Crippen LogP contribution in [-0.2, 0) is 4.79 Å². The molecule has 2 amide bonds. The van der Waals surface area contributed by atoms with Gasteiger partial charge < -0.3 is 19.9 Å². The Hall–Kier alpha value is -3.03. The number of ether oxygens (including phenoxy) is 1. The van der Waals surface area contributed by atoms with Crippen molar-refractivity contribution in [1.82, 2.24) is 5.16 Å². The van der Waals surface area contributed by atoms with Crippen LogP contribution in [0.15, 0.2) is 40.9 Å². The number of rotatable bonds is 3. The third kappa shape index (κ3) is 3.30. The largest absolute Gasteiger partial charge is 0.482 e. The molecule has 0 radical (unpaired) electrons. The van der Waals surface area contributed by atoms with Crippen LogP contribution in [-0.4, -0.2) is 23.6 Å². The highest BCUT2D eigenvalue weighted by Crippen LogP contribution is 2.37. The first-order chi connectivity index (χ1) is 13.4. The molecule has 3 aromatic rings. The molecule has 0 spiro atoms. The van der Waals surface area contributed by atoms with E-state index in [2.05, 4.69) is 15.8 Å². The Balaban J connectivity index is 1.67. The van der Waals surface area contributed by atoms with Crippen LogP contribution >= 0.6 is 23.2 Å². The number of carbonyl (C=O) groups excluding carboxylic acids is 2. The molecule has 4 rings (SSSR count). The maximum Gasteiger partial charge on any atom is 0.262 e. The van der Waals surface area contributed by atoms with Gasteiger partial charge >= 0.3 is 0 Å². The topological polar surface area (TPSA) is 93.5 Å². The Bertz CT molecular complexity index is 1090. The first kappa shape index (κ1) is 18.3. The minimum atomic E-state index is -0.440. The normalized spacial score (nSPS) is 12.8. The highest BCUT2D eigenvalue weighted by atomic mass is 35.5. The zero-order chi connectivity index (χ0) is 19.8. The molecule has 9 heteroatoms. The molecule has 2 aromatic carbocycles. The predicted octanol–water partition coefficient (Wildman–Crippen LogP) is 4.54. The standard InChI is InChI=1S/C19H13Cl2N3O4/c1-9-16(18(24-28-9)17-11(20)3-2-4-12(17)21)19(26)22-10-5-6-13-14(7-10)27-8-15(25)23-13/h2-7H,8H2,1H3,(H,22,26)(H,23,25). The van der Waals surface area contributed by atoms with Crippen molar-refractivity contribution in [2.24, 2.45) is 0 Å². The molecule has 0 bridgehead atoms. The van der Waals surface area contributed by atoms with E-state index in [1.165, 1.54) is 0 Å². The second-order valence-electron chi connectivity index (χ2n) is 6.06. The van der Waals surface area contributed by atoms with Gasteiger partial charge in [0.05, 0.1) is 15.7 Å². The number of anilines is 2. The summed E-state index contributed by atoms with van der Waals surface area (Å²) < 4.78 is 10.6. The molecular weight excluding hydrogens is 405 g/mol. The summed E-state index contributed by atoms with van der Waals surface area (Å²) in [6.07, 6.45) is 0. The van der Waals surface area contributed by atoms with Gasteiger partial charge in [0.15, 0.2) is 6.61 Å². The molecule has 0 atom stereocenters. The van der Waals surface area contributed by atoms with Gasteiger partial charge in [-0.25, -0.2) is 0 Å². The van der Waals surface area contributed by atoms with Gasteiger partial charge in [-0.05, 0) is 31.2 Å². The Morgan fingerprint density at radius 1 is 1.21 bits per heavy atom. The third-order valence-corrected chi connectivity index (χ3v) is 4.79. The summed E-state index contributed by atoms with van der Waals surface area (Å²) in [5.74, 6) is 0.119. The Kier molecular flexibility index (Phi) is 4.70. The number of aryl methyl sites for hydroxylation is 1. The van der Waals surface area contributed by atoms with E-state index in [0.717, 1.165) is 0 Å². The van der Waals surface area contributed by atoms with Gasteiger partial charge in [-0.15, -0.1) is 0 Å². The smallest absolute Gasteiger partial charge is 0.262 e. The highest BCUT2D eigenvalue weighted by molar-refractivity contribution is 6.39. The second kappa shape index (κ2) is 7.18. The number of aromatic nitrogens is 1. The Labute approximate surface area is 169 Å². The number of fused-ring (bicyclic) bond motifs is 1. The van der Waals surface area contributed by atoms with Crippen LogP contribution in [0.3, 0.4) is 0 Å². The fourth-order valence-electron chi connectivity index (χ4n) is 2.88. The molecule has 1 aromatic heterocycles. The molecule has 2 N–H and O–H groups in total. The van der Waals surface area contributed by atoms with E-state index in [4.69, 9.17) is 32.5 Å². The van der Waals surface area contributed by atoms with Crippen molar-refractivity contribution >= 4 is 46.4 Å². The van der Waals surface area contributed by atoms with Crippen molar-refractivity contribution in [3.8, 4) is 17.0 Å². The van der Waals surface area contributed by atoms with E-state index in [1.807, 2.05) is 0 Å². The molecule has 0 saturated carbocycles. The maximum atomic E-state index is 12.9. The van der Waals surface area contributed by atoms with Crippen LogP contribution in [0.1, 0.15) is 16.1 Å². The highest BCUT2D eigenvalue weighted by Gasteiger charge is 2.25. The molecular formula is C19H13Cl2N3O4. The third-order valence-electron chi connectivity index (χ3n) is 4.16. The van der Waals surface area contributed by atoms with Gasteiger partial charge in [-0.3, -0.25) is 9.59 Å². The summed E-state index contributed by atoms with van der Waals surface area (Å²) in [4.78, 5) is 24.3. The summed E-state index contributed by atoms with van der Waals surface area (Å²) in [6.45, 7) is 1.55. The molecule has 2 heterocycles. The minimum absolute atomic E-state index is 0.0791. The van der Waals surface area contributed by atoms with Crippen molar-refractivity contribution in [3.05, 3.63) is 57.8 Å². The molecule has 28 heavy (non-hydrogen) atoms. The van der Waals surface area contributed by atoms with E-state index in [1.54, 1.807) is 43.3 Å². The molecule has 142 valence electrons. The summed E-state index contributed by atoms with van der Waals surface area (Å²) in [5, 5.41) is 10.1. The van der Waals surface area contributed by atoms with Crippen LogP contribution in [0.25, 0.3) is 11.3 Å². The quantitative estimate of drug-likeness (QED) is 0.652. The first-order valence-electron chi connectivity index (χ1n) is 8.22. The molecule has 0 aliphatic carbocycles. The number of amides is 2. The lowest BCUT2D eigenvalue weighted by Crippen LogP contribution is -2.25. The van der Waals surface area contributed by atoms with Crippen LogP contribution < -0.4 is 15.4 Å². The van der Waals surface area contributed by atoms with Gasteiger partial charge in [0.2, 0.25) is 0 Å². The number of hydrogen-bond acceptors (Lipinski definition) is 5. The van der Waals surface area contributed by atoms with E-state index >= 15 is 0 Å². The Morgan fingerprint density at radius 3 is 2.71 bits per heavy atom. The SMILES string of the molecule is Cc1onc(-c2c(Cl)cccc2Cl)c1C(=O)Nc1ccc2c(c1)OCC(=O)N2. The van der Waals surface area contributed by atoms with Crippen LogP contribution in [0.2, 0.25) is 10.0 Å². The number of carbonyl (C=O) groups is 2. The summed E-state index contributed by atoms with van der Waals surface area (Å²) in [5.41, 5.74) is 1.92. The maximum absolute atomic E-state index is 12.9. The zero-order valence-electron chi connectivity index (χ0n) is 14.5. The van der Waals surface area contributed by atoms with Gasteiger partial charge in [0.1, 0.15) is 22.8 Å². The van der Waals surface area contributed by atoms with E-state index < -0.39 is 5.91 Å². The van der Waals surface area contributed by atoms with Gasteiger partial charge in [0, 0.05) is 17.3 Å². The second-order valence-corrected chi connectivity index (χ2v) is 6.88. The van der Waals surface area contributed by atoms with Crippen molar-refractivity contribution in [2.45, 2.75) is 6.92 Å². The first-order valence-corrected chi connectivity index (χ1v) is 8.98. The number of hydrogen-bond donors (Lipinski definition) is 2. The number of nitrogens with one attached hydrogen (secondary N) is 2. The molecule has 1 aliphatic heterocycles. The fraction of sp³-hybridized carbons (Fsp3) is 0.105. The summed E-state index contributed by atoms with van der Waals surface area (Å²) in [7, 11) is 0. The molecule has 1 aliphatic rings. The van der Waals surface area contributed by atoms with Crippen molar-refractivity contribution in [1.29, 1.82) is 0 Å².